The fourth-order valence-electron chi connectivity index (χ4n) is 1.54. The van der Waals surface area contributed by atoms with E-state index < -0.39 is 18.2 Å². The van der Waals surface area contributed by atoms with Crippen molar-refractivity contribution in [3.63, 3.8) is 0 Å². The third-order valence-electron chi connectivity index (χ3n) is 2.35. The summed E-state index contributed by atoms with van der Waals surface area (Å²) in [6.07, 6.45) is -1.73. The maximum atomic E-state index is 11.6. The van der Waals surface area contributed by atoms with Gasteiger partial charge in [0.2, 0.25) is 6.10 Å². The highest BCUT2D eigenvalue weighted by atomic mass is 79.9. The molecule has 0 aliphatic carbocycles. The van der Waals surface area contributed by atoms with Crippen LogP contribution >= 0.6 is 27.5 Å². The Balaban J connectivity index is 2.23. The van der Waals surface area contributed by atoms with Crippen LogP contribution < -0.4 is 0 Å². The van der Waals surface area contributed by atoms with E-state index in [0.29, 0.717) is 10.6 Å². The molecular weight excluding hydrogens is 327 g/mol. The predicted molar refractivity (Wildman–Crippen MR) is 65.6 cm³/mol. The molecule has 2 rings (SSSR count). The van der Waals surface area contributed by atoms with E-state index in [9.17, 15) is 4.79 Å². The van der Waals surface area contributed by atoms with Crippen molar-refractivity contribution in [3.05, 3.63) is 33.3 Å². The molecule has 1 heterocycles. The van der Waals surface area contributed by atoms with Crippen LogP contribution in [0.3, 0.4) is 0 Å². The summed E-state index contributed by atoms with van der Waals surface area (Å²) in [6, 6.07) is 5.20. The van der Waals surface area contributed by atoms with Crippen molar-refractivity contribution in [1.29, 1.82) is 0 Å². The zero-order valence-electron chi connectivity index (χ0n) is 9.39. The Morgan fingerprint density at radius 2 is 2.28 bits per heavy atom. The zero-order valence-corrected chi connectivity index (χ0v) is 11.7. The Labute approximate surface area is 117 Å². The van der Waals surface area contributed by atoms with Crippen LogP contribution in [0.4, 0.5) is 0 Å². The van der Waals surface area contributed by atoms with Crippen LogP contribution in [0.2, 0.25) is 5.02 Å². The molecule has 1 fully saturated rings. The number of benzene rings is 1. The van der Waals surface area contributed by atoms with Crippen LogP contribution in [0.25, 0.3) is 0 Å². The Bertz CT molecular complexity index is 453. The van der Waals surface area contributed by atoms with E-state index >= 15 is 0 Å². The summed E-state index contributed by atoms with van der Waals surface area (Å²) in [6.45, 7) is 1.95. The maximum Gasteiger partial charge on any atom is 0.342 e. The van der Waals surface area contributed by atoms with Gasteiger partial charge in [0, 0.05) is 15.1 Å². The van der Waals surface area contributed by atoms with Gasteiger partial charge in [0.1, 0.15) is 0 Å². The molecule has 0 saturated carbocycles. The second-order valence-corrected chi connectivity index (χ2v) is 4.84. The second-order valence-electron chi connectivity index (χ2n) is 3.52. The molecule has 98 valence electrons. The van der Waals surface area contributed by atoms with Crippen molar-refractivity contribution < 1.29 is 24.3 Å². The number of halogens is 2. The van der Waals surface area contributed by atoms with Crippen molar-refractivity contribution in [1.82, 2.24) is 0 Å². The van der Waals surface area contributed by atoms with Crippen molar-refractivity contribution in [2.24, 2.45) is 0 Å². The molecule has 0 aromatic heterocycles. The average Bonchev–Trinajstić information content (AvgIpc) is 2.78. The van der Waals surface area contributed by atoms with Gasteiger partial charge >= 0.3 is 5.97 Å². The first kappa shape index (κ1) is 13.8. The van der Waals surface area contributed by atoms with Crippen molar-refractivity contribution in [3.8, 4) is 0 Å². The molecule has 18 heavy (non-hydrogen) atoms. The van der Waals surface area contributed by atoms with Gasteiger partial charge in [0.25, 0.3) is 0 Å². The quantitative estimate of drug-likeness (QED) is 0.627. The number of ether oxygens (including phenoxy) is 1. The van der Waals surface area contributed by atoms with Crippen LogP contribution in [0, 0.1) is 0 Å². The average molecular weight is 338 g/mol. The molecule has 1 aromatic rings. The number of carbonyl (C=O) groups excluding carboxylic acids is 1. The lowest BCUT2D eigenvalue weighted by molar-refractivity contribution is -0.465. The number of hydrogen-bond acceptors (Lipinski definition) is 5. The molecule has 0 bridgehead atoms. The van der Waals surface area contributed by atoms with Crippen molar-refractivity contribution >= 4 is 33.5 Å². The third kappa shape index (κ3) is 2.84. The summed E-state index contributed by atoms with van der Waals surface area (Å²) in [4.78, 5) is 21.3. The van der Waals surface area contributed by atoms with Gasteiger partial charge in [-0.3, -0.25) is 0 Å². The summed E-state index contributed by atoms with van der Waals surface area (Å²) in [5, 5.41) is 4.85. The normalized spacial score (nSPS) is 23.1. The molecule has 1 saturated heterocycles. The van der Waals surface area contributed by atoms with Crippen molar-refractivity contribution in [2.45, 2.75) is 19.1 Å². The molecule has 1 aliphatic rings. The van der Waals surface area contributed by atoms with Crippen molar-refractivity contribution in [2.75, 3.05) is 6.61 Å². The van der Waals surface area contributed by atoms with Gasteiger partial charge < -0.3 is 4.74 Å². The molecular formula is C11H10BrClO5. The van der Waals surface area contributed by atoms with Gasteiger partial charge in [-0.15, -0.1) is 0 Å². The molecule has 0 N–H and O–H groups in total. The largest absolute Gasteiger partial charge is 0.464 e. The summed E-state index contributed by atoms with van der Waals surface area (Å²) in [5.41, 5.74) is 0.593. The fraction of sp³-hybridized carbons (Fsp3) is 0.364. The SMILES string of the molecule is CCOC(=O)C1OOOC1c1ccc(Br)cc1Cl. The minimum Gasteiger partial charge on any atom is -0.464 e. The van der Waals surface area contributed by atoms with Gasteiger partial charge in [-0.2, -0.15) is 9.78 Å². The monoisotopic (exact) mass is 336 g/mol. The molecule has 1 aliphatic heterocycles. The molecule has 1 aromatic carbocycles. The van der Waals surface area contributed by atoms with E-state index in [-0.39, 0.29) is 6.61 Å². The number of carbonyl (C=O) groups is 1. The molecule has 7 heteroatoms. The Morgan fingerprint density at radius 3 is 2.94 bits per heavy atom. The molecule has 2 unspecified atom stereocenters. The smallest absolute Gasteiger partial charge is 0.342 e. The highest BCUT2D eigenvalue weighted by molar-refractivity contribution is 9.10. The van der Waals surface area contributed by atoms with Gasteiger partial charge in [0.15, 0.2) is 6.10 Å². The molecule has 0 amide bonds. The van der Waals surface area contributed by atoms with Crippen LogP contribution in [0.1, 0.15) is 18.6 Å². The number of rotatable bonds is 3. The lowest BCUT2D eigenvalue weighted by Gasteiger charge is -2.14. The molecule has 0 radical (unpaired) electrons. The lowest BCUT2D eigenvalue weighted by Crippen LogP contribution is -2.28. The van der Waals surface area contributed by atoms with E-state index in [1.165, 1.54) is 0 Å². The third-order valence-corrected chi connectivity index (χ3v) is 3.17. The molecule has 0 spiro atoms. The Morgan fingerprint density at radius 1 is 1.50 bits per heavy atom. The summed E-state index contributed by atoms with van der Waals surface area (Å²) < 4.78 is 5.69. The topological polar surface area (TPSA) is 54.0 Å². The first-order chi connectivity index (χ1) is 8.63. The molecule has 5 nitrogen and oxygen atoms in total. The maximum absolute atomic E-state index is 11.6. The highest BCUT2D eigenvalue weighted by Gasteiger charge is 2.41. The minimum absolute atomic E-state index is 0.249. The second kappa shape index (κ2) is 5.99. The predicted octanol–water partition coefficient (Wildman–Crippen LogP) is 2.97. The van der Waals surface area contributed by atoms with E-state index in [1.807, 2.05) is 0 Å². The van der Waals surface area contributed by atoms with E-state index in [0.717, 1.165) is 4.47 Å². The van der Waals surface area contributed by atoms with Gasteiger partial charge in [-0.05, 0) is 19.1 Å². The van der Waals surface area contributed by atoms with Crippen LogP contribution in [0.15, 0.2) is 22.7 Å². The van der Waals surface area contributed by atoms with Gasteiger partial charge in [-0.1, -0.05) is 38.6 Å². The van der Waals surface area contributed by atoms with E-state index in [1.54, 1.807) is 25.1 Å². The van der Waals surface area contributed by atoms with Gasteiger partial charge in [-0.25, -0.2) is 4.79 Å². The van der Waals surface area contributed by atoms with Crippen LogP contribution in [0.5, 0.6) is 0 Å². The number of esters is 1. The lowest BCUT2D eigenvalue weighted by atomic mass is 10.0. The zero-order chi connectivity index (χ0) is 13.1. The summed E-state index contributed by atoms with van der Waals surface area (Å²) in [7, 11) is 0. The first-order valence-electron chi connectivity index (χ1n) is 5.24. The van der Waals surface area contributed by atoms with E-state index in [4.69, 9.17) is 26.1 Å². The van der Waals surface area contributed by atoms with Gasteiger partial charge in [0.05, 0.1) is 6.61 Å². The minimum atomic E-state index is -0.983. The van der Waals surface area contributed by atoms with Crippen LogP contribution in [-0.4, -0.2) is 18.7 Å². The van der Waals surface area contributed by atoms with Crippen LogP contribution in [-0.2, 0) is 24.3 Å². The Hall–Kier alpha value is -0.660. The summed E-state index contributed by atoms with van der Waals surface area (Å²) in [5.74, 6) is -0.556. The standard InChI is InChI=1S/C11H10BrClO5/c1-2-15-11(14)10-9(16-18-17-10)7-4-3-6(12)5-8(7)13/h3-5,9-10H,2H2,1H3. The first-order valence-corrected chi connectivity index (χ1v) is 6.41. The highest BCUT2D eigenvalue weighted by Crippen LogP contribution is 2.35. The fourth-order valence-corrected chi connectivity index (χ4v) is 2.32. The Kier molecular flexibility index (Phi) is 4.58. The van der Waals surface area contributed by atoms with E-state index in [2.05, 4.69) is 21.0 Å². The summed E-state index contributed by atoms with van der Waals surface area (Å²) >= 11 is 9.38. The molecule has 2 atom stereocenters. The number of hydrogen-bond donors (Lipinski definition) is 0.